The Morgan fingerprint density at radius 2 is 1.94 bits per heavy atom. The number of nitrogens with zero attached hydrogens (tertiary/aromatic N) is 1. The first-order valence-electron chi connectivity index (χ1n) is 5.05. The molecule has 0 aliphatic heterocycles. The number of halogens is 1. The van der Waals surface area contributed by atoms with E-state index in [0.717, 1.165) is 14.8 Å². The second-order valence-corrected chi connectivity index (χ2v) is 5.42. The number of aliphatic hydroxyl groups excluding tert-OH is 1. The Kier molecular flexibility index (Phi) is 3.93. The molecule has 2 heterocycles. The first-order chi connectivity index (χ1) is 7.74. The highest BCUT2D eigenvalue weighted by molar-refractivity contribution is 7.16. The van der Waals surface area contributed by atoms with Crippen LogP contribution < -0.4 is 0 Å². The second kappa shape index (κ2) is 5.43. The molecule has 2 aromatic heterocycles. The molecule has 0 radical (unpaired) electrons. The molecule has 16 heavy (non-hydrogen) atoms. The van der Waals surface area contributed by atoms with E-state index in [4.69, 9.17) is 11.6 Å². The van der Waals surface area contributed by atoms with Gasteiger partial charge in [0.1, 0.15) is 0 Å². The third kappa shape index (κ3) is 3.30. The monoisotopic (exact) mass is 253 g/mol. The molecule has 1 unspecified atom stereocenters. The minimum absolute atomic E-state index is 0.364. The summed E-state index contributed by atoms with van der Waals surface area (Å²) in [5.41, 5.74) is 1.10. The van der Waals surface area contributed by atoms with Crippen LogP contribution in [0.1, 0.15) is 10.4 Å². The van der Waals surface area contributed by atoms with E-state index in [1.807, 2.05) is 24.3 Å². The number of aromatic nitrogens is 1. The summed E-state index contributed by atoms with van der Waals surface area (Å²) in [5, 5.41) is 9.91. The van der Waals surface area contributed by atoms with Gasteiger partial charge in [-0.15, -0.1) is 11.3 Å². The maximum Gasteiger partial charge on any atom is 0.0931 e. The Bertz CT molecular complexity index is 443. The van der Waals surface area contributed by atoms with E-state index in [1.54, 1.807) is 12.4 Å². The maximum absolute atomic E-state index is 9.91. The summed E-state index contributed by atoms with van der Waals surface area (Å²) in [6, 6.07) is 7.67. The Hall–Kier alpha value is -0.900. The molecular weight excluding hydrogens is 242 g/mol. The third-order valence-corrected chi connectivity index (χ3v) is 3.54. The second-order valence-electron chi connectivity index (χ2n) is 3.62. The summed E-state index contributed by atoms with van der Waals surface area (Å²) in [6.45, 7) is 0. The molecule has 2 rings (SSSR count). The van der Waals surface area contributed by atoms with Gasteiger partial charge in [0.2, 0.25) is 0 Å². The molecule has 0 bridgehead atoms. The van der Waals surface area contributed by atoms with Gasteiger partial charge in [0.25, 0.3) is 0 Å². The lowest BCUT2D eigenvalue weighted by atomic mass is 10.1. The first kappa shape index (κ1) is 11.6. The number of thiophene rings is 1. The van der Waals surface area contributed by atoms with E-state index in [0.29, 0.717) is 12.8 Å². The van der Waals surface area contributed by atoms with Crippen LogP contribution in [0.4, 0.5) is 0 Å². The molecule has 0 aromatic carbocycles. The minimum Gasteiger partial charge on any atom is -0.392 e. The van der Waals surface area contributed by atoms with Crippen LogP contribution >= 0.6 is 22.9 Å². The molecule has 1 atom stereocenters. The van der Waals surface area contributed by atoms with Gasteiger partial charge in [-0.3, -0.25) is 4.98 Å². The van der Waals surface area contributed by atoms with E-state index < -0.39 is 0 Å². The summed E-state index contributed by atoms with van der Waals surface area (Å²) in [6.07, 6.45) is 4.42. The standard InChI is InChI=1S/C12H12ClNOS/c13-12-2-1-11(16-12)8-10(15)7-9-3-5-14-6-4-9/h1-6,10,15H,7-8H2. The zero-order valence-electron chi connectivity index (χ0n) is 8.64. The lowest BCUT2D eigenvalue weighted by Crippen LogP contribution is -2.13. The predicted octanol–water partition coefficient (Wildman–Crippen LogP) is 2.94. The van der Waals surface area contributed by atoms with Crippen LogP contribution in [0.5, 0.6) is 0 Å². The highest BCUT2D eigenvalue weighted by atomic mass is 35.5. The van der Waals surface area contributed by atoms with Crippen LogP contribution in [0.15, 0.2) is 36.7 Å². The molecule has 0 fully saturated rings. The molecule has 1 N–H and O–H groups in total. The summed E-state index contributed by atoms with van der Waals surface area (Å²) >= 11 is 7.35. The van der Waals surface area contributed by atoms with Crippen molar-refractivity contribution in [3.8, 4) is 0 Å². The molecule has 2 aromatic rings. The molecule has 0 amide bonds. The number of hydrogen-bond donors (Lipinski definition) is 1. The average molecular weight is 254 g/mol. The van der Waals surface area contributed by atoms with Crippen molar-refractivity contribution in [2.24, 2.45) is 0 Å². The topological polar surface area (TPSA) is 33.1 Å². The van der Waals surface area contributed by atoms with Gasteiger partial charge in [-0.1, -0.05) is 11.6 Å². The summed E-state index contributed by atoms with van der Waals surface area (Å²) < 4.78 is 0.770. The van der Waals surface area contributed by atoms with Gasteiger partial charge in [0.15, 0.2) is 0 Å². The van der Waals surface area contributed by atoms with Crippen molar-refractivity contribution in [2.45, 2.75) is 18.9 Å². The Morgan fingerprint density at radius 3 is 2.56 bits per heavy atom. The van der Waals surface area contributed by atoms with Gasteiger partial charge in [0.05, 0.1) is 10.4 Å². The number of hydrogen-bond acceptors (Lipinski definition) is 3. The van der Waals surface area contributed by atoms with Gasteiger partial charge in [-0.25, -0.2) is 0 Å². The molecule has 0 saturated heterocycles. The van der Waals surface area contributed by atoms with E-state index in [9.17, 15) is 5.11 Å². The normalized spacial score (nSPS) is 12.6. The van der Waals surface area contributed by atoms with Crippen molar-refractivity contribution in [1.82, 2.24) is 4.98 Å². The lowest BCUT2D eigenvalue weighted by Gasteiger charge is -2.08. The van der Waals surface area contributed by atoms with Crippen LogP contribution in [-0.4, -0.2) is 16.2 Å². The summed E-state index contributed by atoms with van der Waals surface area (Å²) in [7, 11) is 0. The zero-order chi connectivity index (χ0) is 11.4. The van der Waals surface area contributed by atoms with Gasteiger partial charge in [0, 0.05) is 23.7 Å². The molecule has 84 valence electrons. The van der Waals surface area contributed by atoms with E-state index in [2.05, 4.69) is 4.98 Å². The smallest absolute Gasteiger partial charge is 0.0931 e. The molecule has 0 spiro atoms. The van der Waals surface area contributed by atoms with Crippen molar-refractivity contribution >= 4 is 22.9 Å². The van der Waals surface area contributed by atoms with Crippen molar-refractivity contribution in [3.05, 3.63) is 51.4 Å². The van der Waals surface area contributed by atoms with Crippen LogP contribution in [-0.2, 0) is 12.8 Å². The maximum atomic E-state index is 9.91. The zero-order valence-corrected chi connectivity index (χ0v) is 10.2. The quantitative estimate of drug-likeness (QED) is 0.909. The Morgan fingerprint density at radius 1 is 1.19 bits per heavy atom. The summed E-state index contributed by atoms with van der Waals surface area (Å²) in [5.74, 6) is 0. The van der Waals surface area contributed by atoms with E-state index >= 15 is 0 Å². The highest BCUT2D eigenvalue weighted by Gasteiger charge is 2.08. The molecule has 0 aliphatic carbocycles. The van der Waals surface area contributed by atoms with Crippen molar-refractivity contribution < 1.29 is 5.11 Å². The lowest BCUT2D eigenvalue weighted by molar-refractivity contribution is 0.176. The van der Waals surface area contributed by atoms with Crippen LogP contribution in [0, 0.1) is 0 Å². The summed E-state index contributed by atoms with van der Waals surface area (Å²) in [4.78, 5) is 5.06. The predicted molar refractivity (Wildman–Crippen MR) is 67.0 cm³/mol. The van der Waals surface area contributed by atoms with Crippen molar-refractivity contribution in [3.63, 3.8) is 0 Å². The number of pyridine rings is 1. The third-order valence-electron chi connectivity index (χ3n) is 2.29. The van der Waals surface area contributed by atoms with E-state index in [-0.39, 0.29) is 6.10 Å². The number of rotatable bonds is 4. The van der Waals surface area contributed by atoms with Crippen molar-refractivity contribution in [2.75, 3.05) is 0 Å². The van der Waals surface area contributed by atoms with Gasteiger partial charge in [-0.2, -0.15) is 0 Å². The van der Waals surface area contributed by atoms with Crippen LogP contribution in [0.2, 0.25) is 4.34 Å². The molecule has 4 heteroatoms. The molecule has 0 aliphatic rings. The van der Waals surface area contributed by atoms with Crippen LogP contribution in [0.25, 0.3) is 0 Å². The van der Waals surface area contributed by atoms with Crippen LogP contribution in [0.3, 0.4) is 0 Å². The van der Waals surface area contributed by atoms with Gasteiger partial charge < -0.3 is 5.11 Å². The minimum atomic E-state index is -0.364. The largest absolute Gasteiger partial charge is 0.392 e. The molecule has 2 nitrogen and oxygen atoms in total. The fraction of sp³-hybridized carbons (Fsp3) is 0.250. The highest BCUT2D eigenvalue weighted by Crippen LogP contribution is 2.23. The SMILES string of the molecule is OC(Cc1ccncc1)Cc1ccc(Cl)s1. The van der Waals surface area contributed by atoms with Crippen molar-refractivity contribution in [1.29, 1.82) is 0 Å². The van der Waals surface area contributed by atoms with E-state index in [1.165, 1.54) is 11.3 Å². The average Bonchev–Trinajstić information content (AvgIpc) is 2.65. The Labute approximate surface area is 104 Å². The molecule has 0 saturated carbocycles. The Balaban J connectivity index is 1.92. The number of aliphatic hydroxyl groups is 1. The fourth-order valence-corrected chi connectivity index (χ4v) is 2.72. The molecular formula is C12H12ClNOS. The van der Waals surface area contributed by atoms with Gasteiger partial charge in [-0.05, 0) is 36.2 Å². The van der Waals surface area contributed by atoms with Gasteiger partial charge >= 0.3 is 0 Å². The fourth-order valence-electron chi connectivity index (χ4n) is 1.56. The first-order valence-corrected chi connectivity index (χ1v) is 6.24.